The number of carbonyl (C=O) groups is 1. The third-order valence-electron chi connectivity index (χ3n) is 3.41. The van der Waals surface area contributed by atoms with E-state index in [0.29, 0.717) is 4.77 Å². The van der Waals surface area contributed by atoms with E-state index in [1.54, 1.807) is 4.90 Å². The van der Waals surface area contributed by atoms with Crippen LogP contribution >= 0.6 is 12.2 Å². The number of fused-ring (bicyclic) bond motifs is 1. The number of likely N-dealkylation sites (N-methyl/N-ethyl adjacent to an activating group) is 1. The summed E-state index contributed by atoms with van der Waals surface area (Å²) in [4.78, 5) is 21.4. The Balaban J connectivity index is 2.22. The van der Waals surface area contributed by atoms with E-state index < -0.39 is 0 Å². The van der Waals surface area contributed by atoms with Crippen LogP contribution < -0.4 is 0 Å². The smallest absolute Gasteiger partial charge is 0.245 e. The molecule has 3 rings (SSSR count). The number of amides is 1. The van der Waals surface area contributed by atoms with Gasteiger partial charge >= 0.3 is 0 Å². The van der Waals surface area contributed by atoms with Gasteiger partial charge in [0.05, 0.1) is 5.52 Å². The number of nitrogens with one attached hydrogen (secondary N) is 1. The van der Waals surface area contributed by atoms with Gasteiger partial charge in [0, 0.05) is 19.3 Å². The van der Waals surface area contributed by atoms with Gasteiger partial charge in [-0.05, 0) is 37.7 Å². The maximum Gasteiger partial charge on any atom is 0.245 e. The molecule has 1 N–H and O–H groups in total. The van der Waals surface area contributed by atoms with Crippen molar-refractivity contribution in [1.29, 1.82) is 0 Å². The Morgan fingerprint density at radius 3 is 2.94 bits per heavy atom. The molecule has 0 spiro atoms. The number of nitrogens with zero attached hydrogens (tertiary/aromatic N) is 3. The topological polar surface area (TPSA) is 53.9 Å². The molecule has 1 unspecified atom stereocenters. The lowest BCUT2D eigenvalue weighted by atomic mass is 10.2. The van der Waals surface area contributed by atoms with Crippen molar-refractivity contribution in [3.63, 3.8) is 0 Å². The highest BCUT2D eigenvalue weighted by Gasteiger charge is 2.32. The number of carbonyl (C=O) groups excluding carboxylic acids is 1. The van der Waals surface area contributed by atoms with E-state index in [1.165, 1.54) is 0 Å². The Kier molecular flexibility index (Phi) is 2.48. The summed E-state index contributed by atoms with van der Waals surface area (Å²) in [5.41, 5.74) is 2.57. The average molecular weight is 262 g/mol. The third kappa shape index (κ3) is 1.56. The van der Waals surface area contributed by atoms with E-state index in [9.17, 15) is 4.79 Å². The van der Waals surface area contributed by atoms with Crippen LogP contribution in [0.25, 0.3) is 11.2 Å². The summed E-state index contributed by atoms with van der Waals surface area (Å²) in [5.74, 6) is 0.107. The van der Waals surface area contributed by atoms with Crippen LogP contribution in [-0.4, -0.2) is 38.9 Å². The highest BCUT2D eigenvalue weighted by atomic mass is 32.1. The quantitative estimate of drug-likeness (QED) is 0.797. The molecule has 0 bridgehead atoms. The summed E-state index contributed by atoms with van der Waals surface area (Å²) < 4.78 is 2.42. The van der Waals surface area contributed by atoms with E-state index in [2.05, 4.69) is 9.97 Å². The van der Waals surface area contributed by atoms with Crippen LogP contribution in [0.15, 0.2) is 12.1 Å². The minimum absolute atomic E-state index is 0.107. The van der Waals surface area contributed by atoms with Gasteiger partial charge in [-0.3, -0.25) is 9.36 Å². The molecule has 1 amide bonds. The summed E-state index contributed by atoms with van der Waals surface area (Å²) in [6, 6.07) is 3.67. The molecule has 3 heterocycles. The average Bonchev–Trinajstić information content (AvgIpc) is 2.81. The van der Waals surface area contributed by atoms with Gasteiger partial charge in [0.2, 0.25) is 5.91 Å². The second-order valence-electron chi connectivity index (χ2n) is 4.69. The van der Waals surface area contributed by atoms with E-state index in [1.807, 2.05) is 30.7 Å². The minimum atomic E-state index is -0.217. The Morgan fingerprint density at radius 1 is 1.50 bits per heavy atom. The van der Waals surface area contributed by atoms with Crippen LogP contribution in [0.4, 0.5) is 0 Å². The number of aromatic nitrogens is 3. The van der Waals surface area contributed by atoms with Crippen molar-refractivity contribution in [2.75, 3.05) is 13.6 Å². The molecule has 6 heteroatoms. The monoisotopic (exact) mass is 262 g/mol. The molecule has 18 heavy (non-hydrogen) atoms. The van der Waals surface area contributed by atoms with Crippen LogP contribution in [0.5, 0.6) is 0 Å². The largest absolute Gasteiger partial charge is 0.344 e. The van der Waals surface area contributed by atoms with E-state index in [-0.39, 0.29) is 11.9 Å². The highest BCUT2D eigenvalue weighted by molar-refractivity contribution is 7.71. The van der Waals surface area contributed by atoms with Gasteiger partial charge in [0.1, 0.15) is 6.04 Å². The first-order valence-electron chi connectivity index (χ1n) is 5.91. The van der Waals surface area contributed by atoms with Crippen LogP contribution in [-0.2, 0) is 4.79 Å². The summed E-state index contributed by atoms with van der Waals surface area (Å²) in [6.07, 6.45) is 0.784. The zero-order valence-corrected chi connectivity index (χ0v) is 11.1. The molecule has 2 aromatic heterocycles. The van der Waals surface area contributed by atoms with Gasteiger partial charge in [-0.15, -0.1) is 0 Å². The number of H-pyrrole nitrogens is 1. The van der Waals surface area contributed by atoms with Gasteiger partial charge in [0.15, 0.2) is 10.4 Å². The van der Waals surface area contributed by atoms with E-state index >= 15 is 0 Å². The summed E-state index contributed by atoms with van der Waals surface area (Å²) in [5, 5.41) is 0. The molecule has 1 aliphatic heterocycles. The number of imidazole rings is 1. The minimum Gasteiger partial charge on any atom is -0.344 e. The Bertz CT molecular complexity index is 687. The zero-order chi connectivity index (χ0) is 12.9. The number of aryl methyl sites for hydroxylation is 1. The van der Waals surface area contributed by atoms with Crippen molar-refractivity contribution in [3.05, 3.63) is 22.6 Å². The molecule has 1 atom stereocenters. The fraction of sp³-hybridized carbons (Fsp3) is 0.417. The number of rotatable bonds is 1. The fourth-order valence-corrected chi connectivity index (χ4v) is 2.75. The second kappa shape index (κ2) is 3.91. The molecule has 0 radical (unpaired) electrons. The van der Waals surface area contributed by atoms with Gasteiger partial charge in [-0.1, -0.05) is 0 Å². The molecule has 1 fully saturated rings. The van der Waals surface area contributed by atoms with Crippen molar-refractivity contribution >= 4 is 29.3 Å². The molecule has 5 nitrogen and oxygen atoms in total. The fourth-order valence-electron chi connectivity index (χ4n) is 2.43. The second-order valence-corrected chi connectivity index (χ2v) is 5.07. The summed E-state index contributed by atoms with van der Waals surface area (Å²) >= 11 is 5.32. The lowest BCUT2D eigenvalue weighted by Gasteiger charge is -2.12. The third-order valence-corrected chi connectivity index (χ3v) is 3.71. The first-order valence-corrected chi connectivity index (χ1v) is 6.31. The molecule has 0 saturated carbocycles. The van der Waals surface area contributed by atoms with Gasteiger partial charge < -0.3 is 9.88 Å². The van der Waals surface area contributed by atoms with Crippen LogP contribution in [0, 0.1) is 11.7 Å². The SMILES string of the molecule is Cc1ccc2[nH]c(=S)n(C3CCN(C)C3=O)c2n1. The van der Waals surface area contributed by atoms with Crippen LogP contribution in [0.2, 0.25) is 0 Å². The molecule has 1 saturated heterocycles. The van der Waals surface area contributed by atoms with Gasteiger partial charge in [-0.25, -0.2) is 4.98 Å². The number of likely N-dealkylation sites (tertiary alicyclic amines) is 1. The maximum absolute atomic E-state index is 12.1. The zero-order valence-electron chi connectivity index (χ0n) is 10.3. The van der Waals surface area contributed by atoms with Crippen LogP contribution in [0.1, 0.15) is 18.2 Å². The lowest BCUT2D eigenvalue weighted by Crippen LogP contribution is -2.24. The molecule has 0 aliphatic carbocycles. The predicted molar refractivity (Wildman–Crippen MR) is 70.9 cm³/mol. The van der Waals surface area contributed by atoms with Crippen molar-refractivity contribution in [3.8, 4) is 0 Å². The van der Waals surface area contributed by atoms with E-state index in [0.717, 1.165) is 29.8 Å². The molecule has 2 aromatic rings. The van der Waals surface area contributed by atoms with Crippen molar-refractivity contribution < 1.29 is 4.79 Å². The van der Waals surface area contributed by atoms with Crippen molar-refractivity contribution in [2.24, 2.45) is 0 Å². The van der Waals surface area contributed by atoms with E-state index in [4.69, 9.17) is 12.2 Å². The number of hydrogen-bond donors (Lipinski definition) is 1. The summed E-state index contributed by atoms with van der Waals surface area (Å²) in [6.45, 7) is 2.70. The molecule has 1 aliphatic rings. The van der Waals surface area contributed by atoms with Gasteiger partial charge in [0.25, 0.3) is 0 Å². The molecular weight excluding hydrogens is 248 g/mol. The van der Waals surface area contributed by atoms with Crippen molar-refractivity contribution in [2.45, 2.75) is 19.4 Å². The predicted octanol–water partition coefficient (Wildman–Crippen LogP) is 1.81. The first-order chi connectivity index (χ1) is 8.58. The highest BCUT2D eigenvalue weighted by Crippen LogP contribution is 2.26. The molecule has 0 aromatic carbocycles. The maximum atomic E-state index is 12.1. The van der Waals surface area contributed by atoms with Crippen molar-refractivity contribution in [1.82, 2.24) is 19.4 Å². The Hall–Kier alpha value is -1.69. The normalized spacial score (nSPS) is 20.0. The van der Waals surface area contributed by atoms with Gasteiger partial charge in [-0.2, -0.15) is 0 Å². The Morgan fingerprint density at radius 2 is 2.28 bits per heavy atom. The molecule has 94 valence electrons. The van der Waals surface area contributed by atoms with Crippen LogP contribution in [0.3, 0.4) is 0 Å². The lowest BCUT2D eigenvalue weighted by molar-refractivity contribution is -0.129. The Labute approximate surface area is 109 Å². The standard InChI is InChI=1S/C12H14N4OS/c1-7-3-4-8-10(13-7)16(12(18)14-8)9-5-6-15(2)11(9)17/h3-4,9H,5-6H2,1-2H3,(H,14,18). The summed E-state index contributed by atoms with van der Waals surface area (Å²) in [7, 11) is 1.82. The first kappa shape index (κ1) is 11.4. The number of aromatic amines is 1. The molecular formula is C12H14N4OS. The number of pyridine rings is 1. The number of hydrogen-bond acceptors (Lipinski definition) is 3.